The minimum atomic E-state index is -0.300. The number of H-pyrrole nitrogens is 1. The number of anilines is 1. The van der Waals surface area contributed by atoms with Crippen molar-refractivity contribution in [3.05, 3.63) is 70.3 Å². The Balaban J connectivity index is 1.36. The molecule has 9 heteroatoms. The number of aromatic amines is 1. The molecule has 0 fully saturated rings. The molecule has 0 radical (unpaired) electrons. The Hall–Kier alpha value is -3.33. The molecule has 0 atom stereocenters. The topological polar surface area (TPSA) is 108 Å². The van der Waals surface area contributed by atoms with Crippen LogP contribution >= 0.6 is 0 Å². The summed E-state index contributed by atoms with van der Waals surface area (Å²) in [7, 11) is 0. The maximum atomic E-state index is 12.7. The summed E-state index contributed by atoms with van der Waals surface area (Å²) in [5.74, 6) is 0.359. The average Bonchev–Trinajstić information content (AvgIpc) is 3.39. The lowest BCUT2D eigenvalue weighted by Crippen LogP contribution is -2.39. The first-order chi connectivity index (χ1) is 14.7. The summed E-state index contributed by atoms with van der Waals surface area (Å²) in [6.45, 7) is 2.22. The van der Waals surface area contributed by atoms with Gasteiger partial charge in [0, 0.05) is 38.6 Å². The number of aliphatic hydroxyl groups excluding tert-OH is 1. The van der Waals surface area contributed by atoms with Gasteiger partial charge in [0.25, 0.3) is 0 Å². The number of carbonyl (C=O) groups is 1. The second kappa shape index (κ2) is 9.00. The van der Waals surface area contributed by atoms with Crippen molar-refractivity contribution in [1.29, 1.82) is 0 Å². The van der Waals surface area contributed by atoms with Crippen LogP contribution in [0.2, 0.25) is 0 Å². The summed E-state index contributed by atoms with van der Waals surface area (Å²) in [4.78, 5) is 33.5. The van der Waals surface area contributed by atoms with Crippen LogP contribution in [0.4, 0.5) is 5.82 Å². The van der Waals surface area contributed by atoms with Gasteiger partial charge >= 0.3 is 5.69 Å². The van der Waals surface area contributed by atoms with Gasteiger partial charge in [-0.15, -0.1) is 0 Å². The second-order valence-electron chi connectivity index (χ2n) is 7.40. The molecule has 0 bridgehead atoms. The zero-order valence-corrected chi connectivity index (χ0v) is 16.8. The molecular weight excluding hydrogens is 384 g/mol. The fourth-order valence-electron chi connectivity index (χ4n) is 3.87. The highest BCUT2D eigenvalue weighted by Gasteiger charge is 2.21. The number of amides is 1. The van der Waals surface area contributed by atoms with Crippen LogP contribution in [0, 0.1) is 0 Å². The van der Waals surface area contributed by atoms with E-state index < -0.39 is 0 Å². The van der Waals surface area contributed by atoms with E-state index in [4.69, 9.17) is 0 Å². The number of hydrogen-bond acceptors (Lipinski definition) is 5. The van der Waals surface area contributed by atoms with Gasteiger partial charge in [0.2, 0.25) is 5.91 Å². The Morgan fingerprint density at radius 1 is 1.23 bits per heavy atom. The van der Waals surface area contributed by atoms with E-state index in [1.807, 2.05) is 33.9 Å². The molecule has 3 N–H and O–H groups in total. The highest BCUT2D eigenvalue weighted by molar-refractivity contribution is 5.81. The Kier molecular flexibility index (Phi) is 5.99. The van der Waals surface area contributed by atoms with Crippen molar-refractivity contribution in [3.63, 3.8) is 0 Å². The lowest BCUT2D eigenvalue weighted by molar-refractivity contribution is -0.130. The van der Waals surface area contributed by atoms with Crippen LogP contribution in [0.3, 0.4) is 0 Å². The van der Waals surface area contributed by atoms with Gasteiger partial charge < -0.3 is 19.9 Å². The third-order valence-electron chi connectivity index (χ3n) is 5.50. The van der Waals surface area contributed by atoms with Crippen LogP contribution in [-0.4, -0.2) is 48.1 Å². The van der Waals surface area contributed by atoms with Crippen molar-refractivity contribution < 1.29 is 9.90 Å². The number of benzene rings is 1. The number of carbonyl (C=O) groups excluding carboxylic acids is 1. The molecule has 1 aliphatic heterocycles. The molecule has 1 aliphatic rings. The van der Waals surface area contributed by atoms with E-state index in [-0.39, 0.29) is 24.7 Å². The fourth-order valence-corrected chi connectivity index (χ4v) is 3.87. The zero-order valence-electron chi connectivity index (χ0n) is 16.8. The molecule has 1 amide bonds. The highest BCUT2D eigenvalue weighted by Crippen LogP contribution is 2.19. The molecular formula is C21H26N6O3. The third kappa shape index (κ3) is 4.30. The van der Waals surface area contributed by atoms with Crippen LogP contribution in [0.5, 0.6) is 0 Å². The number of nitrogens with one attached hydrogen (secondary N) is 2. The summed E-state index contributed by atoms with van der Waals surface area (Å²) in [6, 6.07) is 8.15. The number of fused-ring (bicyclic) bond motifs is 1. The van der Waals surface area contributed by atoms with E-state index in [0.717, 1.165) is 13.0 Å². The molecule has 158 valence electrons. The maximum absolute atomic E-state index is 12.7. The van der Waals surface area contributed by atoms with Gasteiger partial charge in [-0.2, -0.15) is 0 Å². The predicted octanol–water partition coefficient (Wildman–Crippen LogP) is 0.952. The van der Waals surface area contributed by atoms with Crippen molar-refractivity contribution in [1.82, 2.24) is 24.0 Å². The molecule has 9 nitrogen and oxygen atoms in total. The Morgan fingerprint density at radius 2 is 2.07 bits per heavy atom. The lowest BCUT2D eigenvalue weighted by Gasteiger charge is -2.29. The molecule has 0 spiro atoms. The molecule has 0 unspecified atom stereocenters. The normalized spacial score (nSPS) is 13.3. The van der Waals surface area contributed by atoms with Crippen LogP contribution in [0.25, 0.3) is 0 Å². The van der Waals surface area contributed by atoms with Crippen molar-refractivity contribution in [2.45, 2.75) is 39.1 Å². The Labute approximate surface area is 174 Å². The quantitative estimate of drug-likeness (QED) is 0.513. The van der Waals surface area contributed by atoms with E-state index in [9.17, 15) is 14.7 Å². The van der Waals surface area contributed by atoms with Gasteiger partial charge in [0.1, 0.15) is 5.82 Å². The van der Waals surface area contributed by atoms with Gasteiger partial charge in [0.05, 0.1) is 25.2 Å². The molecule has 0 saturated heterocycles. The number of aliphatic hydroxyl groups is 1. The largest absolute Gasteiger partial charge is 0.390 e. The number of hydrogen-bond donors (Lipinski definition) is 3. The average molecular weight is 410 g/mol. The number of aryl methyl sites for hydroxylation is 1. The Morgan fingerprint density at radius 3 is 2.83 bits per heavy atom. The van der Waals surface area contributed by atoms with Crippen LogP contribution in [0.1, 0.15) is 23.2 Å². The van der Waals surface area contributed by atoms with E-state index in [1.165, 1.54) is 15.7 Å². The van der Waals surface area contributed by atoms with Crippen LogP contribution < -0.4 is 11.0 Å². The first-order valence-electron chi connectivity index (χ1n) is 10.1. The Bertz CT molecular complexity index is 1050. The van der Waals surface area contributed by atoms with Crippen molar-refractivity contribution in [2.75, 3.05) is 18.4 Å². The summed E-state index contributed by atoms with van der Waals surface area (Å²) < 4.78 is 3.45. The number of aromatic nitrogens is 4. The highest BCUT2D eigenvalue weighted by atomic mass is 16.3. The van der Waals surface area contributed by atoms with Gasteiger partial charge in [-0.25, -0.2) is 9.78 Å². The molecule has 1 aromatic carbocycles. The molecule has 30 heavy (non-hydrogen) atoms. The number of nitrogens with zero attached hydrogens (tertiary/aromatic N) is 4. The summed E-state index contributed by atoms with van der Waals surface area (Å²) in [5.41, 5.74) is 2.62. The van der Waals surface area contributed by atoms with E-state index >= 15 is 0 Å². The molecule has 2 aromatic heterocycles. The number of rotatable bonds is 8. The second-order valence-corrected chi connectivity index (χ2v) is 7.40. The molecule has 3 aromatic rings. The van der Waals surface area contributed by atoms with Crippen LogP contribution in [0.15, 0.2) is 47.8 Å². The minimum Gasteiger partial charge on any atom is -0.390 e. The van der Waals surface area contributed by atoms with E-state index in [1.54, 1.807) is 12.5 Å². The smallest absolute Gasteiger partial charge is 0.327 e. The summed E-state index contributed by atoms with van der Waals surface area (Å²) in [6.07, 6.45) is 6.86. The zero-order chi connectivity index (χ0) is 20.9. The standard InChI is InChI=1S/C21H26N6O3/c28-14-18-20(24-21(30)27(18)9-3-8-25-11-7-22-15-25)23-12-19(29)26-10-6-16-4-1-2-5-17(16)13-26/h1-2,4-5,7,11,15,23,28H,3,6,8-10,12-14H2,(H,24,30). The first kappa shape index (κ1) is 20.0. The van der Waals surface area contributed by atoms with E-state index in [2.05, 4.69) is 21.4 Å². The van der Waals surface area contributed by atoms with Crippen molar-refractivity contribution in [2.24, 2.45) is 0 Å². The van der Waals surface area contributed by atoms with Gasteiger partial charge in [-0.05, 0) is 24.0 Å². The fraction of sp³-hybridized carbons (Fsp3) is 0.381. The first-order valence-corrected chi connectivity index (χ1v) is 10.1. The van der Waals surface area contributed by atoms with Crippen LogP contribution in [-0.2, 0) is 37.5 Å². The number of imidazole rings is 2. The summed E-state index contributed by atoms with van der Waals surface area (Å²) in [5, 5.41) is 12.8. The SMILES string of the molecule is O=C(CNc1[nH]c(=O)n(CCCn2ccnc2)c1CO)N1CCc2ccccc2C1. The lowest BCUT2D eigenvalue weighted by atomic mass is 10.00. The predicted molar refractivity (Wildman–Crippen MR) is 112 cm³/mol. The van der Waals surface area contributed by atoms with Gasteiger partial charge in [-0.1, -0.05) is 24.3 Å². The van der Waals surface area contributed by atoms with Crippen molar-refractivity contribution in [3.8, 4) is 0 Å². The molecule has 3 heterocycles. The molecule has 4 rings (SSSR count). The molecule has 0 aliphatic carbocycles. The third-order valence-corrected chi connectivity index (χ3v) is 5.50. The maximum Gasteiger partial charge on any atom is 0.327 e. The molecule has 0 saturated carbocycles. The van der Waals surface area contributed by atoms with Gasteiger partial charge in [0.15, 0.2) is 0 Å². The van der Waals surface area contributed by atoms with Crippen molar-refractivity contribution >= 4 is 11.7 Å². The van der Waals surface area contributed by atoms with Gasteiger partial charge in [-0.3, -0.25) is 14.3 Å². The minimum absolute atomic E-state index is 0.0397. The van der Waals surface area contributed by atoms with E-state index in [0.29, 0.717) is 37.6 Å². The summed E-state index contributed by atoms with van der Waals surface area (Å²) >= 11 is 0. The monoisotopic (exact) mass is 410 g/mol.